The molecule has 0 radical (unpaired) electrons. The summed E-state index contributed by atoms with van der Waals surface area (Å²) in [6.45, 7) is 5.10. The van der Waals surface area contributed by atoms with E-state index < -0.39 is 0 Å². The number of benzene rings is 1. The number of hydrogen-bond acceptors (Lipinski definition) is 2. The number of nitrogens with one attached hydrogen (secondary N) is 1. The van der Waals surface area contributed by atoms with Crippen molar-refractivity contribution in [3.63, 3.8) is 0 Å². The highest BCUT2D eigenvalue weighted by molar-refractivity contribution is 9.10. The number of piperidine rings is 1. The van der Waals surface area contributed by atoms with Crippen molar-refractivity contribution >= 4 is 21.8 Å². The van der Waals surface area contributed by atoms with Gasteiger partial charge in [0.2, 0.25) is 0 Å². The van der Waals surface area contributed by atoms with Crippen LogP contribution >= 0.6 is 15.9 Å². The fraction of sp³-hybridized carbons (Fsp3) is 0.533. The Kier molecular flexibility index (Phi) is 5.54. The average molecular weight is 343 g/mol. The predicted molar refractivity (Wildman–Crippen MR) is 81.3 cm³/mol. The molecule has 0 saturated carbocycles. The van der Waals surface area contributed by atoms with Crippen LogP contribution in [0.3, 0.4) is 0 Å². The molecule has 2 rings (SSSR count). The van der Waals surface area contributed by atoms with Crippen LogP contribution in [0, 0.1) is 5.82 Å². The van der Waals surface area contributed by atoms with Gasteiger partial charge in [0.05, 0.1) is 4.47 Å². The fourth-order valence-corrected chi connectivity index (χ4v) is 2.90. The second-order valence-electron chi connectivity index (χ2n) is 5.36. The van der Waals surface area contributed by atoms with Gasteiger partial charge in [0.15, 0.2) is 0 Å². The molecule has 1 aliphatic heterocycles. The minimum atomic E-state index is -0.358. The third kappa shape index (κ3) is 4.28. The summed E-state index contributed by atoms with van der Waals surface area (Å²) < 4.78 is 13.5. The molecule has 1 unspecified atom stereocenters. The van der Waals surface area contributed by atoms with E-state index in [1.165, 1.54) is 37.5 Å². The zero-order chi connectivity index (χ0) is 14.5. The van der Waals surface area contributed by atoms with E-state index in [1.54, 1.807) is 0 Å². The van der Waals surface area contributed by atoms with E-state index in [9.17, 15) is 9.18 Å². The van der Waals surface area contributed by atoms with Crippen LogP contribution in [0.1, 0.15) is 36.5 Å². The minimum absolute atomic E-state index is 0.0874. The normalized spacial score (nSPS) is 17.8. The lowest BCUT2D eigenvalue weighted by atomic mass is 10.1. The topological polar surface area (TPSA) is 32.3 Å². The van der Waals surface area contributed by atoms with Crippen molar-refractivity contribution < 1.29 is 9.18 Å². The summed E-state index contributed by atoms with van der Waals surface area (Å²) in [6.07, 6.45) is 3.79. The van der Waals surface area contributed by atoms with E-state index in [1.807, 2.05) is 6.92 Å². The van der Waals surface area contributed by atoms with Gasteiger partial charge in [0, 0.05) is 18.2 Å². The van der Waals surface area contributed by atoms with Gasteiger partial charge in [-0.25, -0.2) is 4.39 Å². The molecule has 1 N–H and O–H groups in total. The van der Waals surface area contributed by atoms with Gasteiger partial charge < -0.3 is 10.2 Å². The van der Waals surface area contributed by atoms with Crippen LogP contribution < -0.4 is 5.32 Å². The van der Waals surface area contributed by atoms with Crippen molar-refractivity contribution in [3.8, 4) is 0 Å². The van der Waals surface area contributed by atoms with Gasteiger partial charge in [0.25, 0.3) is 5.91 Å². The van der Waals surface area contributed by atoms with Crippen LogP contribution in [0.4, 0.5) is 4.39 Å². The summed E-state index contributed by atoms with van der Waals surface area (Å²) >= 11 is 3.10. The Morgan fingerprint density at radius 1 is 1.40 bits per heavy atom. The van der Waals surface area contributed by atoms with Crippen LogP contribution in [-0.4, -0.2) is 36.5 Å². The van der Waals surface area contributed by atoms with Gasteiger partial charge in [-0.3, -0.25) is 4.79 Å². The van der Waals surface area contributed by atoms with E-state index in [0.717, 1.165) is 19.6 Å². The zero-order valence-electron chi connectivity index (χ0n) is 11.7. The predicted octanol–water partition coefficient (Wildman–Crippen LogP) is 3.19. The lowest BCUT2D eigenvalue weighted by molar-refractivity contribution is 0.0925. The molecule has 0 spiro atoms. The Balaban J connectivity index is 1.87. The molecule has 0 bridgehead atoms. The van der Waals surface area contributed by atoms with Gasteiger partial charge in [0.1, 0.15) is 5.82 Å². The van der Waals surface area contributed by atoms with E-state index >= 15 is 0 Å². The molecule has 5 heteroatoms. The zero-order valence-corrected chi connectivity index (χ0v) is 13.2. The first-order valence-corrected chi connectivity index (χ1v) is 7.84. The molecule has 0 aromatic heterocycles. The Bertz CT molecular complexity index is 475. The third-order valence-corrected chi connectivity index (χ3v) is 4.15. The van der Waals surface area contributed by atoms with Gasteiger partial charge >= 0.3 is 0 Å². The van der Waals surface area contributed by atoms with Crippen molar-refractivity contribution in [2.75, 3.05) is 19.6 Å². The molecule has 1 amide bonds. The smallest absolute Gasteiger partial charge is 0.251 e. The molecule has 3 nitrogen and oxygen atoms in total. The minimum Gasteiger partial charge on any atom is -0.348 e. The van der Waals surface area contributed by atoms with Crippen LogP contribution in [-0.2, 0) is 0 Å². The Labute approximate surface area is 127 Å². The van der Waals surface area contributed by atoms with Crippen molar-refractivity contribution in [1.29, 1.82) is 0 Å². The first-order chi connectivity index (χ1) is 9.56. The first-order valence-electron chi connectivity index (χ1n) is 7.04. The Morgan fingerprint density at radius 2 is 2.10 bits per heavy atom. The van der Waals surface area contributed by atoms with Gasteiger partial charge in [-0.15, -0.1) is 0 Å². The van der Waals surface area contributed by atoms with Crippen LogP contribution in [0.2, 0.25) is 0 Å². The van der Waals surface area contributed by atoms with Gasteiger partial charge in [-0.2, -0.15) is 0 Å². The number of carbonyl (C=O) groups excluding carboxylic acids is 1. The van der Waals surface area contributed by atoms with Gasteiger partial charge in [-0.1, -0.05) is 6.42 Å². The highest BCUT2D eigenvalue weighted by atomic mass is 79.9. The first kappa shape index (κ1) is 15.4. The molecule has 1 aliphatic rings. The molecule has 1 saturated heterocycles. The SMILES string of the molecule is CC(CN1CCCCC1)NC(=O)c1ccc(F)c(Br)c1. The van der Waals surface area contributed by atoms with Crippen molar-refractivity contribution in [2.45, 2.75) is 32.2 Å². The van der Waals surface area contributed by atoms with Crippen molar-refractivity contribution in [3.05, 3.63) is 34.1 Å². The summed E-state index contributed by atoms with van der Waals surface area (Å²) in [4.78, 5) is 14.5. The molecule has 1 heterocycles. The summed E-state index contributed by atoms with van der Waals surface area (Å²) in [5.41, 5.74) is 0.476. The third-order valence-electron chi connectivity index (χ3n) is 3.54. The monoisotopic (exact) mass is 342 g/mol. The van der Waals surface area contributed by atoms with E-state index in [-0.39, 0.29) is 17.8 Å². The molecule has 0 aliphatic carbocycles. The standard InChI is InChI=1S/C15H20BrFN2O/c1-11(10-19-7-3-2-4-8-19)18-15(20)12-5-6-14(17)13(16)9-12/h5-6,9,11H,2-4,7-8,10H2,1H3,(H,18,20). The molecule has 1 fully saturated rings. The Morgan fingerprint density at radius 3 is 2.75 bits per heavy atom. The van der Waals surface area contributed by atoms with Crippen LogP contribution in [0.25, 0.3) is 0 Å². The Hall–Kier alpha value is -0.940. The maximum atomic E-state index is 13.1. The van der Waals surface area contributed by atoms with E-state index in [2.05, 4.69) is 26.1 Å². The number of rotatable bonds is 4. The molecular formula is C15H20BrFN2O. The number of amides is 1. The molecule has 110 valence electrons. The summed E-state index contributed by atoms with van der Waals surface area (Å²) in [6, 6.07) is 4.40. The summed E-state index contributed by atoms with van der Waals surface area (Å²) in [5.74, 6) is -0.516. The quantitative estimate of drug-likeness (QED) is 0.911. The number of hydrogen-bond donors (Lipinski definition) is 1. The molecule has 1 atom stereocenters. The summed E-state index contributed by atoms with van der Waals surface area (Å²) in [5, 5.41) is 2.97. The second-order valence-corrected chi connectivity index (χ2v) is 6.22. The molecule has 1 aromatic rings. The lowest BCUT2D eigenvalue weighted by Crippen LogP contribution is -2.43. The van der Waals surface area contributed by atoms with Crippen LogP contribution in [0.15, 0.2) is 22.7 Å². The molecular weight excluding hydrogens is 323 g/mol. The average Bonchev–Trinajstić information content (AvgIpc) is 2.42. The number of likely N-dealkylation sites (tertiary alicyclic amines) is 1. The summed E-state index contributed by atoms with van der Waals surface area (Å²) in [7, 11) is 0. The highest BCUT2D eigenvalue weighted by Gasteiger charge is 2.16. The lowest BCUT2D eigenvalue weighted by Gasteiger charge is -2.29. The fourth-order valence-electron chi connectivity index (χ4n) is 2.52. The second kappa shape index (κ2) is 7.18. The highest BCUT2D eigenvalue weighted by Crippen LogP contribution is 2.17. The van der Waals surface area contributed by atoms with Gasteiger partial charge in [-0.05, 0) is 67.0 Å². The number of nitrogens with zero attached hydrogens (tertiary/aromatic N) is 1. The molecule has 20 heavy (non-hydrogen) atoms. The van der Waals surface area contributed by atoms with E-state index in [0.29, 0.717) is 10.0 Å². The molecule has 1 aromatic carbocycles. The van der Waals surface area contributed by atoms with Crippen molar-refractivity contribution in [1.82, 2.24) is 10.2 Å². The van der Waals surface area contributed by atoms with E-state index in [4.69, 9.17) is 0 Å². The largest absolute Gasteiger partial charge is 0.348 e. The number of halogens is 2. The maximum Gasteiger partial charge on any atom is 0.251 e. The number of carbonyl (C=O) groups is 1. The maximum absolute atomic E-state index is 13.1. The van der Waals surface area contributed by atoms with Crippen LogP contribution in [0.5, 0.6) is 0 Å². The van der Waals surface area contributed by atoms with Crippen molar-refractivity contribution in [2.24, 2.45) is 0 Å².